The molecular weight excluding hydrogens is 160 g/mol. The molecule has 0 spiro atoms. The van der Waals surface area contributed by atoms with Crippen molar-refractivity contribution < 1.29 is 5.11 Å². The largest absolute Gasteiger partial charge is 0.393 e. The summed E-state index contributed by atoms with van der Waals surface area (Å²) in [5.74, 6) is 0.823. The summed E-state index contributed by atoms with van der Waals surface area (Å²) in [6.45, 7) is 2.25. The molecule has 1 nitrogen and oxygen atoms in total. The molecule has 1 aliphatic carbocycles. The minimum absolute atomic E-state index is 0.00845. The number of hydrogen-bond acceptors (Lipinski definition) is 1. The van der Waals surface area contributed by atoms with E-state index < -0.39 is 0 Å². The number of aliphatic hydroxyl groups is 1. The van der Waals surface area contributed by atoms with E-state index in [4.69, 9.17) is 0 Å². The van der Waals surface area contributed by atoms with Crippen molar-refractivity contribution in [1.29, 1.82) is 0 Å². The monoisotopic (exact) mass is 184 g/mol. The van der Waals surface area contributed by atoms with Gasteiger partial charge in [0.1, 0.15) is 0 Å². The highest BCUT2D eigenvalue weighted by Gasteiger charge is 2.17. The first-order chi connectivity index (χ1) is 6.33. The molecule has 1 heteroatoms. The third-order valence-corrected chi connectivity index (χ3v) is 3.22. The molecule has 0 aromatic heterocycles. The first-order valence-electron chi connectivity index (χ1n) is 6.01. The van der Waals surface area contributed by atoms with Crippen LogP contribution in [0.2, 0.25) is 0 Å². The Balaban J connectivity index is 2.15. The van der Waals surface area contributed by atoms with Gasteiger partial charge in [-0.1, -0.05) is 51.9 Å². The predicted molar refractivity (Wildman–Crippen MR) is 56.7 cm³/mol. The average Bonchev–Trinajstić information content (AvgIpc) is 2.31. The van der Waals surface area contributed by atoms with Crippen LogP contribution in [-0.4, -0.2) is 11.2 Å². The lowest BCUT2D eigenvalue weighted by Gasteiger charge is -2.15. The van der Waals surface area contributed by atoms with Gasteiger partial charge >= 0.3 is 0 Å². The van der Waals surface area contributed by atoms with Crippen LogP contribution >= 0.6 is 0 Å². The van der Waals surface area contributed by atoms with Crippen molar-refractivity contribution in [3.63, 3.8) is 0 Å². The SMILES string of the molecule is CCCCCC1CCCCC(O)C1. The fourth-order valence-electron chi connectivity index (χ4n) is 2.38. The van der Waals surface area contributed by atoms with Crippen LogP contribution in [0.25, 0.3) is 0 Å². The van der Waals surface area contributed by atoms with E-state index in [1.54, 1.807) is 0 Å². The second kappa shape index (κ2) is 6.42. The molecule has 0 amide bonds. The highest BCUT2D eigenvalue weighted by Crippen LogP contribution is 2.27. The van der Waals surface area contributed by atoms with Gasteiger partial charge < -0.3 is 5.11 Å². The summed E-state index contributed by atoms with van der Waals surface area (Å²) in [4.78, 5) is 0. The fraction of sp³-hybridized carbons (Fsp3) is 1.00. The summed E-state index contributed by atoms with van der Waals surface area (Å²) in [6.07, 6.45) is 11.5. The van der Waals surface area contributed by atoms with Crippen LogP contribution in [0.1, 0.15) is 64.7 Å². The molecule has 0 aromatic rings. The number of rotatable bonds is 4. The molecule has 0 heterocycles. The molecule has 0 saturated heterocycles. The maximum absolute atomic E-state index is 9.62. The minimum Gasteiger partial charge on any atom is -0.393 e. The van der Waals surface area contributed by atoms with Gasteiger partial charge in [-0.25, -0.2) is 0 Å². The molecule has 0 radical (unpaired) electrons. The maximum atomic E-state index is 9.62. The van der Waals surface area contributed by atoms with Gasteiger partial charge in [-0.2, -0.15) is 0 Å². The molecule has 1 rings (SSSR count). The van der Waals surface area contributed by atoms with Crippen molar-refractivity contribution in [3.05, 3.63) is 0 Å². The predicted octanol–water partition coefficient (Wildman–Crippen LogP) is 3.51. The number of unbranched alkanes of at least 4 members (excludes halogenated alkanes) is 2. The van der Waals surface area contributed by atoms with Gasteiger partial charge in [-0.05, 0) is 18.8 Å². The quantitative estimate of drug-likeness (QED) is 0.523. The third kappa shape index (κ3) is 4.66. The molecule has 0 aromatic carbocycles. The zero-order valence-electron chi connectivity index (χ0n) is 8.97. The van der Waals surface area contributed by atoms with Crippen molar-refractivity contribution in [2.75, 3.05) is 0 Å². The normalized spacial score (nSPS) is 30.0. The molecule has 0 aliphatic heterocycles. The molecule has 1 N–H and O–H groups in total. The molecule has 1 fully saturated rings. The van der Waals surface area contributed by atoms with E-state index in [9.17, 15) is 5.11 Å². The molecular formula is C12H24O. The van der Waals surface area contributed by atoms with Crippen molar-refractivity contribution in [2.45, 2.75) is 70.8 Å². The molecule has 78 valence electrons. The number of aliphatic hydroxyl groups excluding tert-OH is 1. The molecule has 1 saturated carbocycles. The summed E-state index contributed by atoms with van der Waals surface area (Å²) >= 11 is 0. The summed E-state index contributed by atoms with van der Waals surface area (Å²) < 4.78 is 0. The van der Waals surface area contributed by atoms with Gasteiger partial charge in [0.2, 0.25) is 0 Å². The zero-order chi connectivity index (χ0) is 9.52. The number of hydrogen-bond donors (Lipinski definition) is 1. The van der Waals surface area contributed by atoms with E-state index in [2.05, 4.69) is 6.92 Å². The standard InChI is InChI=1S/C12H24O/c1-2-3-4-7-11-8-5-6-9-12(13)10-11/h11-13H,2-10H2,1H3. The maximum Gasteiger partial charge on any atom is 0.0542 e. The van der Waals surface area contributed by atoms with Crippen molar-refractivity contribution in [3.8, 4) is 0 Å². The van der Waals surface area contributed by atoms with Crippen LogP contribution in [0.5, 0.6) is 0 Å². The molecule has 2 unspecified atom stereocenters. The lowest BCUT2D eigenvalue weighted by atomic mass is 9.93. The van der Waals surface area contributed by atoms with Gasteiger partial charge in [0.25, 0.3) is 0 Å². The Bertz CT molecular complexity index is 122. The summed E-state index contributed by atoms with van der Waals surface area (Å²) in [7, 11) is 0. The van der Waals surface area contributed by atoms with E-state index in [0.717, 1.165) is 18.8 Å². The van der Waals surface area contributed by atoms with E-state index in [0.29, 0.717) is 0 Å². The van der Waals surface area contributed by atoms with E-state index in [1.807, 2.05) is 0 Å². The van der Waals surface area contributed by atoms with Crippen LogP contribution in [0.3, 0.4) is 0 Å². The minimum atomic E-state index is 0.00845. The van der Waals surface area contributed by atoms with Gasteiger partial charge in [0.05, 0.1) is 6.10 Å². The topological polar surface area (TPSA) is 20.2 Å². The Hall–Kier alpha value is -0.0400. The summed E-state index contributed by atoms with van der Waals surface area (Å²) in [6, 6.07) is 0. The lowest BCUT2D eigenvalue weighted by molar-refractivity contribution is 0.138. The molecule has 2 atom stereocenters. The van der Waals surface area contributed by atoms with Gasteiger partial charge in [-0.15, -0.1) is 0 Å². The van der Waals surface area contributed by atoms with Crippen LogP contribution in [0.15, 0.2) is 0 Å². The Morgan fingerprint density at radius 3 is 2.69 bits per heavy atom. The van der Waals surface area contributed by atoms with Crippen LogP contribution < -0.4 is 0 Å². The molecule has 13 heavy (non-hydrogen) atoms. The van der Waals surface area contributed by atoms with Crippen molar-refractivity contribution in [1.82, 2.24) is 0 Å². The van der Waals surface area contributed by atoms with Crippen molar-refractivity contribution >= 4 is 0 Å². The first kappa shape index (κ1) is 11.0. The van der Waals surface area contributed by atoms with Crippen LogP contribution in [0, 0.1) is 5.92 Å². The van der Waals surface area contributed by atoms with Crippen LogP contribution in [-0.2, 0) is 0 Å². The highest BCUT2D eigenvalue weighted by atomic mass is 16.3. The summed E-state index contributed by atoms with van der Waals surface area (Å²) in [5, 5.41) is 9.62. The Morgan fingerprint density at radius 2 is 1.92 bits per heavy atom. The summed E-state index contributed by atoms with van der Waals surface area (Å²) in [5.41, 5.74) is 0. The highest BCUT2D eigenvalue weighted by molar-refractivity contribution is 4.70. The smallest absolute Gasteiger partial charge is 0.0542 e. The van der Waals surface area contributed by atoms with E-state index >= 15 is 0 Å². The first-order valence-corrected chi connectivity index (χ1v) is 6.01. The van der Waals surface area contributed by atoms with Crippen molar-refractivity contribution in [2.24, 2.45) is 5.92 Å². The second-order valence-electron chi connectivity index (χ2n) is 4.54. The Kier molecular flexibility index (Phi) is 5.45. The van der Waals surface area contributed by atoms with Gasteiger partial charge in [0, 0.05) is 0 Å². The average molecular weight is 184 g/mol. The molecule has 0 bridgehead atoms. The lowest BCUT2D eigenvalue weighted by Crippen LogP contribution is -2.10. The van der Waals surface area contributed by atoms with Gasteiger partial charge in [-0.3, -0.25) is 0 Å². The van der Waals surface area contributed by atoms with Crippen LogP contribution in [0.4, 0.5) is 0 Å². The zero-order valence-corrected chi connectivity index (χ0v) is 8.97. The van der Waals surface area contributed by atoms with E-state index in [-0.39, 0.29) is 6.10 Å². The molecule has 1 aliphatic rings. The van der Waals surface area contributed by atoms with E-state index in [1.165, 1.54) is 44.9 Å². The third-order valence-electron chi connectivity index (χ3n) is 3.22. The second-order valence-corrected chi connectivity index (χ2v) is 4.54. The fourth-order valence-corrected chi connectivity index (χ4v) is 2.38. The Labute approximate surface area is 82.5 Å². The van der Waals surface area contributed by atoms with Gasteiger partial charge in [0.15, 0.2) is 0 Å². The Morgan fingerprint density at radius 1 is 1.15 bits per heavy atom.